The smallest absolute Gasteiger partial charge is 0.138 e. The number of anilines is 1. The molecule has 0 aliphatic carbocycles. The highest BCUT2D eigenvalue weighted by Gasteiger charge is 2.12. The van der Waals surface area contributed by atoms with Gasteiger partial charge in [0, 0.05) is 17.1 Å². The zero-order chi connectivity index (χ0) is 14.5. The van der Waals surface area contributed by atoms with Gasteiger partial charge >= 0.3 is 0 Å². The fraction of sp³-hybridized carbons (Fsp3) is 0.333. The van der Waals surface area contributed by atoms with E-state index in [0.29, 0.717) is 5.15 Å². The van der Waals surface area contributed by atoms with Gasteiger partial charge in [0.05, 0.1) is 0 Å². The van der Waals surface area contributed by atoms with Crippen LogP contribution >= 0.6 is 23.2 Å². The van der Waals surface area contributed by atoms with Crippen molar-refractivity contribution in [2.75, 3.05) is 11.9 Å². The summed E-state index contributed by atoms with van der Waals surface area (Å²) >= 11 is 12.0. The predicted molar refractivity (Wildman–Crippen MR) is 84.8 cm³/mol. The van der Waals surface area contributed by atoms with E-state index in [1.807, 2.05) is 24.3 Å². The van der Waals surface area contributed by atoms with Crippen LogP contribution in [-0.2, 0) is 6.42 Å². The van der Waals surface area contributed by atoms with Gasteiger partial charge in [-0.3, -0.25) is 0 Å². The summed E-state index contributed by atoms with van der Waals surface area (Å²) in [5.41, 5.74) is 2.19. The number of benzene rings is 1. The number of nitrogens with one attached hydrogen (secondary N) is 1. The Morgan fingerprint density at radius 3 is 2.45 bits per heavy atom. The summed E-state index contributed by atoms with van der Waals surface area (Å²) in [4.78, 5) is 8.31. The molecule has 0 saturated carbocycles. The molecule has 0 amide bonds. The second-order valence-corrected chi connectivity index (χ2v) is 5.68. The third-order valence-electron chi connectivity index (χ3n) is 3.03. The van der Waals surface area contributed by atoms with Crippen molar-refractivity contribution in [1.82, 2.24) is 9.97 Å². The Morgan fingerprint density at radius 1 is 1.10 bits per heavy atom. The highest BCUT2D eigenvalue weighted by atomic mass is 35.5. The molecule has 0 aliphatic heterocycles. The standard InChI is InChI=1S/C15H17Cl2N3/c1-10(2)13-14(17)19-9-20-15(13)18-8-7-11-3-5-12(16)6-4-11/h3-6,9-10H,7-8H2,1-2H3,(H,18,19,20). The molecule has 0 atom stereocenters. The molecular formula is C15H17Cl2N3. The van der Waals surface area contributed by atoms with Gasteiger partial charge < -0.3 is 5.32 Å². The van der Waals surface area contributed by atoms with Crippen LogP contribution in [0.4, 0.5) is 5.82 Å². The van der Waals surface area contributed by atoms with Crippen LogP contribution in [-0.4, -0.2) is 16.5 Å². The molecule has 2 aromatic rings. The summed E-state index contributed by atoms with van der Waals surface area (Å²) in [6.45, 7) is 4.94. The van der Waals surface area contributed by atoms with Crippen molar-refractivity contribution >= 4 is 29.0 Å². The van der Waals surface area contributed by atoms with Crippen LogP contribution in [0.3, 0.4) is 0 Å². The lowest BCUT2D eigenvalue weighted by molar-refractivity contribution is 0.842. The maximum atomic E-state index is 6.13. The van der Waals surface area contributed by atoms with Gasteiger partial charge in [-0.05, 0) is 30.0 Å². The van der Waals surface area contributed by atoms with E-state index in [1.54, 1.807) is 0 Å². The van der Waals surface area contributed by atoms with Crippen LogP contribution in [0.1, 0.15) is 30.9 Å². The van der Waals surface area contributed by atoms with Gasteiger partial charge in [-0.2, -0.15) is 0 Å². The molecule has 1 aromatic carbocycles. The van der Waals surface area contributed by atoms with Crippen molar-refractivity contribution in [3.05, 3.63) is 51.9 Å². The van der Waals surface area contributed by atoms with Gasteiger partial charge in [-0.25, -0.2) is 9.97 Å². The first-order valence-electron chi connectivity index (χ1n) is 6.56. The fourth-order valence-corrected chi connectivity index (χ4v) is 2.48. The van der Waals surface area contributed by atoms with Gasteiger partial charge in [0.15, 0.2) is 0 Å². The molecule has 0 aliphatic rings. The Balaban J connectivity index is 2.01. The minimum atomic E-state index is 0.279. The lowest BCUT2D eigenvalue weighted by Crippen LogP contribution is -2.10. The molecular weight excluding hydrogens is 293 g/mol. The molecule has 2 rings (SSSR count). The first-order chi connectivity index (χ1) is 9.58. The summed E-state index contributed by atoms with van der Waals surface area (Å²) in [6, 6.07) is 7.86. The third-order valence-corrected chi connectivity index (χ3v) is 3.59. The molecule has 0 radical (unpaired) electrons. The minimum Gasteiger partial charge on any atom is -0.369 e. The van der Waals surface area contributed by atoms with E-state index in [2.05, 4.69) is 29.1 Å². The highest BCUT2D eigenvalue weighted by Crippen LogP contribution is 2.27. The SMILES string of the molecule is CC(C)c1c(Cl)ncnc1NCCc1ccc(Cl)cc1. The lowest BCUT2D eigenvalue weighted by Gasteiger charge is -2.14. The third kappa shape index (κ3) is 3.84. The molecule has 1 heterocycles. The summed E-state index contributed by atoms with van der Waals surface area (Å²) in [7, 11) is 0. The predicted octanol–water partition coefficient (Wildman–Crippen LogP) is 4.56. The molecule has 3 nitrogen and oxygen atoms in total. The molecule has 5 heteroatoms. The van der Waals surface area contributed by atoms with Crippen LogP contribution in [0.25, 0.3) is 0 Å². The molecule has 106 valence electrons. The highest BCUT2D eigenvalue weighted by molar-refractivity contribution is 6.30. The maximum absolute atomic E-state index is 6.13. The van der Waals surface area contributed by atoms with E-state index in [4.69, 9.17) is 23.2 Å². The number of aromatic nitrogens is 2. The van der Waals surface area contributed by atoms with Gasteiger partial charge in [0.1, 0.15) is 17.3 Å². The Morgan fingerprint density at radius 2 is 1.80 bits per heavy atom. The van der Waals surface area contributed by atoms with Crippen LogP contribution in [0.5, 0.6) is 0 Å². The Hall–Kier alpha value is -1.32. The van der Waals surface area contributed by atoms with Crippen molar-refractivity contribution in [3.63, 3.8) is 0 Å². The van der Waals surface area contributed by atoms with Crippen molar-refractivity contribution in [2.45, 2.75) is 26.2 Å². The molecule has 0 spiro atoms. The number of rotatable bonds is 5. The summed E-state index contributed by atoms with van der Waals surface area (Å²) in [5.74, 6) is 1.09. The molecule has 0 saturated heterocycles. The zero-order valence-corrected chi connectivity index (χ0v) is 13.0. The Bertz CT molecular complexity index is 568. The van der Waals surface area contributed by atoms with Gasteiger partial charge in [-0.1, -0.05) is 49.2 Å². The number of halogens is 2. The molecule has 1 aromatic heterocycles. The lowest BCUT2D eigenvalue weighted by atomic mass is 10.1. The van der Waals surface area contributed by atoms with Crippen LogP contribution in [0.2, 0.25) is 10.2 Å². The first-order valence-corrected chi connectivity index (χ1v) is 7.32. The number of hydrogen-bond donors (Lipinski definition) is 1. The van der Waals surface area contributed by atoms with Crippen molar-refractivity contribution < 1.29 is 0 Å². The van der Waals surface area contributed by atoms with Crippen molar-refractivity contribution in [2.24, 2.45) is 0 Å². The van der Waals surface area contributed by atoms with Crippen molar-refractivity contribution in [1.29, 1.82) is 0 Å². The Kier molecular flexibility index (Phi) is 5.21. The molecule has 0 fully saturated rings. The van der Waals surface area contributed by atoms with E-state index in [1.165, 1.54) is 11.9 Å². The van der Waals surface area contributed by atoms with Crippen molar-refractivity contribution in [3.8, 4) is 0 Å². The van der Waals surface area contributed by atoms with E-state index in [0.717, 1.165) is 29.4 Å². The quantitative estimate of drug-likeness (QED) is 0.823. The number of hydrogen-bond acceptors (Lipinski definition) is 3. The van der Waals surface area contributed by atoms with E-state index >= 15 is 0 Å². The summed E-state index contributed by atoms with van der Waals surface area (Å²) in [6.07, 6.45) is 2.38. The van der Waals surface area contributed by atoms with Gasteiger partial charge in [0.2, 0.25) is 0 Å². The maximum Gasteiger partial charge on any atom is 0.138 e. The van der Waals surface area contributed by atoms with E-state index in [9.17, 15) is 0 Å². The van der Waals surface area contributed by atoms with Crippen LogP contribution in [0, 0.1) is 0 Å². The second kappa shape index (κ2) is 6.91. The summed E-state index contributed by atoms with van der Waals surface area (Å²) in [5, 5.41) is 4.60. The first kappa shape index (κ1) is 15.1. The minimum absolute atomic E-state index is 0.279. The topological polar surface area (TPSA) is 37.8 Å². The monoisotopic (exact) mass is 309 g/mol. The van der Waals surface area contributed by atoms with Gasteiger partial charge in [-0.15, -0.1) is 0 Å². The van der Waals surface area contributed by atoms with Crippen LogP contribution < -0.4 is 5.32 Å². The average molecular weight is 310 g/mol. The largest absolute Gasteiger partial charge is 0.369 e. The number of nitrogens with zero attached hydrogens (tertiary/aromatic N) is 2. The molecule has 0 unspecified atom stereocenters. The average Bonchev–Trinajstić information content (AvgIpc) is 2.40. The zero-order valence-electron chi connectivity index (χ0n) is 11.5. The molecule has 0 bridgehead atoms. The van der Waals surface area contributed by atoms with E-state index < -0.39 is 0 Å². The molecule has 1 N–H and O–H groups in total. The summed E-state index contributed by atoms with van der Waals surface area (Å²) < 4.78 is 0. The van der Waals surface area contributed by atoms with Gasteiger partial charge in [0.25, 0.3) is 0 Å². The fourth-order valence-electron chi connectivity index (χ4n) is 2.00. The van der Waals surface area contributed by atoms with E-state index in [-0.39, 0.29) is 5.92 Å². The normalized spacial score (nSPS) is 10.8. The second-order valence-electron chi connectivity index (χ2n) is 4.88. The molecule has 20 heavy (non-hydrogen) atoms. The van der Waals surface area contributed by atoms with Crippen LogP contribution in [0.15, 0.2) is 30.6 Å². The Labute approximate surface area is 129 Å².